The molecule has 0 bridgehead atoms. The van der Waals surface area contributed by atoms with Gasteiger partial charge in [-0.25, -0.2) is 0 Å². The fraction of sp³-hybridized carbons (Fsp3) is 0.300. The Kier molecular flexibility index (Phi) is 5.30. The number of hydrogen-bond acceptors (Lipinski definition) is 4. The zero-order valence-electron chi connectivity index (χ0n) is 13.7. The molecule has 0 spiro atoms. The molecule has 0 aromatic heterocycles. The summed E-state index contributed by atoms with van der Waals surface area (Å²) in [4.78, 5) is 0. The van der Waals surface area contributed by atoms with E-state index in [1.807, 2.05) is 43.4 Å². The van der Waals surface area contributed by atoms with Crippen molar-refractivity contribution in [2.45, 2.75) is 24.7 Å². The van der Waals surface area contributed by atoms with Gasteiger partial charge in [0.05, 0.1) is 18.8 Å². The van der Waals surface area contributed by atoms with Gasteiger partial charge in [0.25, 0.3) is 0 Å². The van der Waals surface area contributed by atoms with E-state index < -0.39 is 12.2 Å². The predicted molar refractivity (Wildman–Crippen MR) is 96.7 cm³/mol. The Balaban J connectivity index is 1.65. The monoisotopic (exact) mass is 325 g/mol. The summed E-state index contributed by atoms with van der Waals surface area (Å²) >= 11 is 0. The van der Waals surface area contributed by atoms with E-state index in [4.69, 9.17) is 9.84 Å². The van der Waals surface area contributed by atoms with Gasteiger partial charge in [-0.05, 0) is 28.8 Å². The molecule has 3 atom stereocenters. The van der Waals surface area contributed by atoms with Crippen molar-refractivity contribution in [2.24, 2.45) is 0 Å². The van der Waals surface area contributed by atoms with Crippen molar-refractivity contribution < 1.29 is 14.9 Å². The number of rotatable bonds is 5. The van der Waals surface area contributed by atoms with E-state index in [2.05, 4.69) is 29.6 Å². The Bertz CT molecular complexity index is 679. The minimum atomic E-state index is -0.597. The summed E-state index contributed by atoms with van der Waals surface area (Å²) in [6.07, 6.45) is 3.45. The SMILES string of the molecule is CNc1ccc(/C=C/c2ccc([C@H]3CC(O)[C@@H](CO)O3)cc2)cc1. The summed E-state index contributed by atoms with van der Waals surface area (Å²) in [6, 6.07) is 16.3. The number of benzene rings is 2. The summed E-state index contributed by atoms with van der Waals surface area (Å²) in [5.74, 6) is 0. The van der Waals surface area contributed by atoms with Crippen molar-refractivity contribution in [2.75, 3.05) is 19.0 Å². The number of aliphatic hydroxyl groups is 2. The molecule has 0 radical (unpaired) electrons. The molecule has 4 nitrogen and oxygen atoms in total. The topological polar surface area (TPSA) is 61.7 Å². The van der Waals surface area contributed by atoms with Gasteiger partial charge in [-0.2, -0.15) is 0 Å². The van der Waals surface area contributed by atoms with Crippen LogP contribution in [0.1, 0.15) is 29.2 Å². The second-order valence-corrected chi connectivity index (χ2v) is 6.02. The molecule has 3 N–H and O–H groups in total. The maximum Gasteiger partial charge on any atom is 0.107 e. The summed E-state index contributed by atoms with van der Waals surface area (Å²) in [6.45, 7) is -0.148. The molecule has 0 amide bonds. The quantitative estimate of drug-likeness (QED) is 0.739. The van der Waals surface area contributed by atoms with Crippen molar-refractivity contribution in [3.05, 3.63) is 65.2 Å². The van der Waals surface area contributed by atoms with Crippen molar-refractivity contribution >= 4 is 17.8 Å². The molecule has 2 aromatic carbocycles. The van der Waals surface area contributed by atoms with Gasteiger partial charge in [0.2, 0.25) is 0 Å². The van der Waals surface area contributed by atoms with Gasteiger partial charge in [0.1, 0.15) is 6.10 Å². The minimum absolute atomic E-state index is 0.148. The first-order valence-electron chi connectivity index (χ1n) is 8.20. The van der Waals surface area contributed by atoms with Gasteiger partial charge in [0, 0.05) is 19.2 Å². The van der Waals surface area contributed by atoms with Crippen LogP contribution in [-0.2, 0) is 4.74 Å². The Morgan fingerprint density at radius 2 is 1.62 bits per heavy atom. The maximum atomic E-state index is 9.82. The molecule has 4 heteroatoms. The molecule has 24 heavy (non-hydrogen) atoms. The minimum Gasteiger partial charge on any atom is -0.394 e. The van der Waals surface area contributed by atoms with E-state index in [0.29, 0.717) is 6.42 Å². The van der Waals surface area contributed by atoms with Gasteiger partial charge >= 0.3 is 0 Å². The number of aliphatic hydroxyl groups excluding tert-OH is 2. The van der Waals surface area contributed by atoms with Crippen LogP contribution < -0.4 is 5.32 Å². The highest BCUT2D eigenvalue weighted by Gasteiger charge is 2.33. The average molecular weight is 325 g/mol. The molecule has 126 valence electrons. The molecular formula is C20H23NO3. The normalized spacial score (nSPS) is 23.7. The van der Waals surface area contributed by atoms with E-state index in [1.54, 1.807) is 0 Å². The third-order valence-electron chi connectivity index (χ3n) is 4.38. The molecular weight excluding hydrogens is 302 g/mol. The van der Waals surface area contributed by atoms with Crippen LogP contribution in [0.5, 0.6) is 0 Å². The van der Waals surface area contributed by atoms with E-state index in [0.717, 1.165) is 22.4 Å². The molecule has 0 aliphatic carbocycles. The molecule has 3 rings (SSSR count). The summed E-state index contributed by atoms with van der Waals surface area (Å²) in [5, 5.41) is 22.1. The smallest absolute Gasteiger partial charge is 0.107 e. The van der Waals surface area contributed by atoms with Crippen molar-refractivity contribution in [3.8, 4) is 0 Å². The molecule has 1 unspecified atom stereocenters. The van der Waals surface area contributed by atoms with Gasteiger partial charge in [-0.3, -0.25) is 0 Å². The fourth-order valence-corrected chi connectivity index (χ4v) is 2.88. The molecule has 1 saturated heterocycles. The highest BCUT2D eigenvalue weighted by molar-refractivity contribution is 5.70. The van der Waals surface area contributed by atoms with Gasteiger partial charge in [-0.15, -0.1) is 0 Å². The lowest BCUT2D eigenvalue weighted by Gasteiger charge is -2.12. The molecule has 1 aliphatic rings. The fourth-order valence-electron chi connectivity index (χ4n) is 2.88. The van der Waals surface area contributed by atoms with Crippen molar-refractivity contribution in [1.29, 1.82) is 0 Å². The molecule has 1 heterocycles. The van der Waals surface area contributed by atoms with Crippen LogP contribution in [0.15, 0.2) is 48.5 Å². The highest BCUT2D eigenvalue weighted by Crippen LogP contribution is 2.33. The first-order valence-corrected chi connectivity index (χ1v) is 8.20. The van der Waals surface area contributed by atoms with Gasteiger partial charge in [-0.1, -0.05) is 48.6 Å². The van der Waals surface area contributed by atoms with E-state index >= 15 is 0 Å². The Morgan fingerprint density at radius 1 is 1.04 bits per heavy atom. The van der Waals surface area contributed by atoms with E-state index in [-0.39, 0.29) is 12.7 Å². The number of nitrogens with one attached hydrogen (secondary N) is 1. The predicted octanol–water partition coefficient (Wildman–Crippen LogP) is 3.08. The van der Waals surface area contributed by atoms with E-state index in [9.17, 15) is 5.11 Å². The molecule has 1 aliphatic heterocycles. The second-order valence-electron chi connectivity index (χ2n) is 6.02. The largest absolute Gasteiger partial charge is 0.394 e. The van der Waals surface area contributed by atoms with Crippen LogP contribution >= 0.6 is 0 Å². The van der Waals surface area contributed by atoms with Crippen LogP contribution in [0, 0.1) is 0 Å². The summed E-state index contributed by atoms with van der Waals surface area (Å²) in [7, 11) is 1.90. The van der Waals surface area contributed by atoms with Crippen molar-refractivity contribution in [1.82, 2.24) is 0 Å². The number of ether oxygens (including phenoxy) is 1. The van der Waals surface area contributed by atoms with Crippen LogP contribution in [0.3, 0.4) is 0 Å². The Morgan fingerprint density at radius 3 is 2.12 bits per heavy atom. The lowest BCUT2D eigenvalue weighted by Crippen LogP contribution is -2.24. The Labute approximate surface area is 142 Å². The summed E-state index contributed by atoms with van der Waals surface area (Å²) < 4.78 is 5.68. The standard InChI is InChI=1S/C20H23NO3/c1-21-17-10-6-15(7-11-17)3-2-14-4-8-16(9-5-14)19-12-18(23)20(13-22)24-19/h2-11,18-23H,12-13H2,1H3/b3-2+/t18?,19-,20-/m1/s1. The van der Waals surface area contributed by atoms with Crippen LogP contribution in [0.25, 0.3) is 12.2 Å². The molecule has 1 fully saturated rings. The first-order chi connectivity index (χ1) is 11.7. The van der Waals surface area contributed by atoms with Gasteiger partial charge in [0.15, 0.2) is 0 Å². The second kappa shape index (κ2) is 7.62. The molecule has 2 aromatic rings. The maximum absolute atomic E-state index is 9.82. The highest BCUT2D eigenvalue weighted by atomic mass is 16.5. The lowest BCUT2D eigenvalue weighted by atomic mass is 10.0. The first kappa shape index (κ1) is 16.7. The third-order valence-corrected chi connectivity index (χ3v) is 4.38. The number of hydrogen-bond donors (Lipinski definition) is 3. The number of anilines is 1. The van der Waals surface area contributed by atoms with Crippen LogP contribution in [-0.4, -0.2) is 36.1 Å². The Hall–Kier alpha value is -2.14. The average Bonchev–Trinajstić information content (AvgIpc) is 3.01. The molecule has 0 saturated carbocycles. The van der Waals surface area contributed by atoms with Crippen LogP contribution in [0.2, 0.25) is 0 Å². The zero-order valence-corrected chi connectivity index (χ0v) is 13.7. The van der Waals surface area contributed by atoms with Gasteiger partial charge < -0.3 is 20.3 Å². The summed E-state index contributed by atoms with van der Waals surface area (Å²) in [5.41, 5.74) is 4.37. The van der Waals surface area contributed by atoms with Crippen LogP contribution in [0.4, 0.5) is 5.69 Å². The lowest BCUT2D eigenvalue weighted by molar-refractivity contribution is -0.0225. The van der Waals surface area contributed by atoms with Crippen molar-refractivity contribution in [3.63, 3.8) is 0 Å². The zero-order chi connectivity index (χ0) is 16.9. The van der Waals surface area contributed by atoms with E-state index in [1.165, 1.54) is 0 Å². The third kappa shape index (κ3) is 3.85.